The fourth-order valence-corrected chi connectivity index (χ4v) is 2.12. The quantitative estimate of drug-likeness (QED) is 0.654. The minimum absolute atomic E-state index is 0.224. The Kier molecular flexibility index (Phi) is 5.58. The van der Waals surface area contributed by atoms with Gasteiger partial charge in [0.05, 0.1) is 18.8 Å². The summed E-state index contributed by atoms with van der Waals surface area (Å²) in [5, 5.41) is 9.41. The van der Waals surface area contributed by atoms with Gasteiger partial charge >= 0.3 is 0 Å². The van der Waals surface area contributed by atoms with E-state index in [2.05, 4.69) is 6.07 Å². The number of nitrogens with zero attached hydrogens (tertiary/aromatic N) is 1. The van der Waals surface area contributed by atoms with Gasteiger partial charge in [0, 0.05) is 0 Å². The highest BCUT2D eigenvalue weighted by atomic mass is 16.5. The third-order valence-corrected chi connectivity index (χ3v) is 3.35. The van der Waals surface area contributed by atoms with Crippen molar-refractivity contribution < 1.29 is 14.3 Å². The lowest BCUT2D eigenvalue weighted by molar-refractivity contribution is -0.119. The molecular formula is C19H18N2O3. The summed E-state index contributed by atoms with van der Waals surface area (Å²) < 4.78 is 10.6. The second kappa shape index (κ2) is 7.84. The molecule has 2 aromatic carbocycles. The molecule has 24 heavy (non-hydrogen) atoms. The van der Waals surface area contributed by atoms with E-state index in [1.807, 2.05) is 31.2 Å². The third kappa shape index (κ3) is 4.37. The highest BCUT2D eigenvalue weighted by Gasteiger charge is 2.08. The van der Waals surface area contributed by atoms with Crippen LogP contribution in [0.3, 0.4) is 0 Å². The maximum atomic E-state index is 10.8. The summed E-state index contributed by atoms with van der Waals surface area (Å²) >= 11 is 0. The third-order valence-electron chi connectivity index (χ3n) is 3.35. The number of carbonyl (C=O) groups excluding carboxylic acids is 1. The summed E-state index contributed by atoms with van der Waals surface area (Å²) in [6.07, 6.45) is 1.77. The number of benzene rings is 2. The van der Waals surface area contributed by atoms with Crippen LogP contribution in [0, 0.1) is 18.3 Å². The molecule has 0 saturated carbocycles. The molecule has 0 aliphatic rings. The first-order valence-corrected chi connectivity index (χ1v) is 7.31. The normalized spacial score (nSPS) is 10.8. The summed E-state index contributed by atoms with van der Waals surface area (Å²) in [6, 6.07) is 15.1. The van der Waals surface area contributed by atoms with Gasteiger partial charge in [-0.05, 0) is 36.3 Å². The number of ether oxygens (including phenoxy) is 2. The van der Waals surface area contributed by atoms with Crippen molar-refractivity contribution in [2.75, 3.05) is 13.7 Å². The number of aryl methyl sites for hydroxylation is 1. The molecule has 5 nitrogen and oxygen atoms in total. The molecule has 0 aliphatic carbocycles. The molecule has 0 fully saturated rings. The number of nitrogens with two attached hydrogens (primary N) is 1. The maximum absolute atomic E-state index is 10.8. The zero-order valence-corrected chi connectivity index (χ0v) is 13.6. The van der Waals surface area contributed by atoms with E-state index in [1.165, 1.54) is 7.11 Å². The molecule has 0 aliphatic heterocycles. The highest BCUT2D eigenvalue weighted by molar-refractivity contribution is 5.89. The number of hydrogen-bond acceptors (Lipinski definition) is 4. The molecule has 2 rings (SSSR count). The van der Waals surface area contributed by atoms with Crippen LogP contribution in [-0.2, 0) is 4.79 Å². The summed E-state index contributed by atoms with van der Waals surface area (Å²) in [4.78, 5) is 10.8. The topological polar surface area (TPSA) is 85.3 Å². The Morgan fingerprint density at radius 2 is 1.92 bits per heavy atom. The van der Waals surface area contributed by atoms with Crippen LogP contribution < -0.4 is 15.2 Å². The lowest BCUT2D eigenvalue weighted by atomic mass is 10.0. The minimum Gasteiger partial charge on any atom is -0.493 e. The fraction of sp³-hybridized carbons (Fsp3) is 0.158. The summed E-state index contributed by atoms with van der Waals surface area (Å²) in [5.41, 5.74) is 8.38. The number of carbonyl (C=O) groups is 1. The molecule has 5 heteroatoms. The van der Waals surface area contributed by atoms with E-state index in [0.717, 1.165) is 16.7 Å². The molecule has 1 amide bonds. The Morgan fingerprint density at radius 1 is 1.21 bits per heavy atom. The van der Waals surface area contributed by atoms with Crippen LogP contribution in [0.25, 0.3) is 11.6 Å². The summed E-state index contributed by atoms with van der Waals surface area (Å²) in [6.45, 7) is 1.77. The van der Waals surface area contributed by atoms with Crippen LogP contribution in [0.4, 0.5) is 0 Å². The van der Waals surface area contributed by atoms with Gasteiger partial charge in [-0.3, -0.25) is 4.79 Å². The van der Waals surface area contributed by atoms with E-state index in [9.17, 15) is 10.1 Å². The Morgan fingerprint density at radius 3 is 2.50 bits per heavy atom. The van der Waals surface area contributed by atoms with Gasteiger partial charge in [0.15, 0.2) is 18.1 Å². The Balaban J connectivity index is 2.32. The predicted octanol–water partition coefficient (Wildman–Crippen LogP) is 2.93. The number of primary amides is 1. The van der Waals surface area contributed by atoms with E-state index in [0.29, 0.717) is 17.1 Å². The zero-order chi connectivity index (χ0) is 17.5. The molecule has 0 aromatic heterocycles. The van der Waals surface area contributed by atoms with E-state index in [-0.39, 0.29) is 6.61 Å². The number of amides is 1. The number of rotatable bonds is 6. The lowest BCUT2D eigenvalue weighted by Gasteiger charge is -2.10. The van der Waals surface area contributed by atoms with E-state index in [1.54, 1.807) is 24.3 Å². The molecule has 122 valence electrons. The van der Waals surface area contributed by atoms with Crippen molar-refractivity contribution >= 4 is 17.6 Å². The number of nitriles is 1. The van der Waals surface area contributed by atoms with Crippen molar-refractivity contribution in [1.29, 1.82) is 5.26 Å². The van der Waals surface area contributed by atoms with Crippen LogP contribution in [0.5, 0.6) is 11.5 Å². The van der Waals surface area contributed by atoms with Crippen molar-refractivity contribution in [3.8, 4) is 17.6 Å². The van der Waals surface area contributed by atoms with Gasteiger partial charge in [0.25, 0.3) is 5.91 Å². The number of allylic oxidation sites excluding steroid dienone is 1. The molecule has 0 atom stereocenters. The van der Waals surface area contributed by atoms with Crippen molar-refractivity contribution in [2.45, 2.75) is 6.92 Å². The largest absolute Gasteiger partial charge is 0.493 e. The first-order valence-electron chi connectivity index (χ1n) is 7.31. The van der Waals surface area contributed by atoms with E-state index >= 15 is 0 Å². The van der Waals surface area contributed by atoms with Gasteiger partial charge in [0.1, 0.15) is 0 Å². The molecule has 0 bridgehead atoms. The second-order valence-corrected chi connectivity index (χ2v) is 5.20. The van der Waals surface area contributed by atoms with Crippen LogP contribution >= 0.6 is 0 Å². The Bertz CT molecular complexity index is 802. The molecule has 0 spiro atoms. The van der Waals surface area contributed by atoms with Crippen LogP contribution in [0.15, 0.2) is 42.5 Å². The molecular weight excluding hydrogens is 304 g/mol. The van der Waals surface area contributed by atoms with Gasteiger partial charge in [-0.2, -0.15) is 5.26 Å². The number of hydrogen-bond donors (Lipinski definition) is 1. The van der Waals surface area contributed by atoms with Crippen molar-refractivity contribution in [2.24, 2.45) is 5.73 Å². The van der Waals surface area contributed by atoms with Crippen LogP contribution in [0.2, 0.25) is 0 Å². The maximum Gasteiger partial charge on any atom is 0.255 e. The van der Waals surface area contributed by atoms with E-state index < -0.39 is 5.91 Å². The van der Waals surface area contributed by atoms with Gasteiger partial charge < -0.3 is 15.2 Å². The van der Waals surface area contributed by atoms with Crippen molar-refractivity contribution in [1.82, 2.24) is 0 Å². The fourth-order valence-electron chi connectivity index (χ4n) is 2.12. The Hall–Kier alpha value is -3.26. The standard InChI is InChI=1S/C19H18N2O3/c1-13-3-6-15(7-4-13)16(11-20)9-14-5-8-17(18(10-14)23-2)24-12-19(21)22/h3-10H,12H2,1-2H3,(H2,21,22)/b16-9+. The monoisotopic (exact) mass is 322 g/mol. The molecule has 2 N–H and O–H groups in total. The minimum atomic E-state index is -0.563. The highest BCUT2D eigenvalue weighted by Crippen LogP contribution is 2.29. The zero-order valence-electron chi connectivity index (χ0n) is 13.6. The SMILES string of the molecule is COc1cc(/C=C(\C#N)c2ccc(C)cc2)ccc1OCC(N)=O. The summed E-state index contributed by atoms with van der Waals surface area (Å²) in [5.74, 6) is 0.320. The molecule has 2 aromatic rings. The van der Waals surface area contributed by atoms with E-state index in [4.69, 9.17) is 15.2 Å². The Labute approximate surface area is 140 Å². The smallest absolute Gasteiger partial charge is 0.255 e. The predicted molar refractivity (Wildman–Crippen MR) is 92.3 cm³/mol. The lowest BCUT2D eigenvalue weighted by Crippen LogP contribution is -2.20. The van der Waals surface area contributed by atoms with Gasteiger partial charge in [-0.1, -0.05) is 35.9 Å². The van der Waals surface area contributed by atoms with Gasteiger partial charge in [-0.25, -0.2) is 0 Å². The van der Waals surface area contributed by atoms with Crippen LogP contribution in [-0.4, -0.2) is 19.6 Å². The number of methoxy groups -OCH3 is 1. The molecule has 0 saturated heterocycles. The average molecular weight is 322 g/mol. The second-order valence-electron chi connectivity index (χ2n) is 5.20. The van der Waals surface area contributed by atoms with Gasteiger partial charge in [-0.15, -0.1) is 0 Å². The first-order chi connectivity index (χ1) is 11.5. The first kappa shape index (κ1) is 17.1. The summed E-state index contributed by atoms with van der Waals surface area (Å²) in [7, 11) is 1.51. The van der Waals surface area contributed by atoms with Crippen LogP contribution in [0.1, 0.15) is 16.7 Å². The molecule has 0 radical (unpaired) electrons. The average Bonchev–Trinajstić information content (AvgIpc) is 2.59. The van der Waals surface area contributed by atoms with Crippen molar-refractivity contribution in [3.05, 3.63) is 59.2 Å². The van der Waals surface area contributed by atoms with Gasteiger partial charge in [0.2, 0.25) is 0 Å². The molecule has 0 unspecified atom stereocenters. The molecule has 0 heterocycles. The van der Waals surface area contributed by atoms with Crippen molar-refractivity contribution in [3.63, 3.8) is 0 Å².